The predicted octanol–water partition coefficient (Wildman–Crippen LogP) is 2.82. The van der Waals surface area contributed by atoms with Gasteiger partial charge in [0.1, 0.15) is 12.4 Å². The fraction of sp³-hybridized carbons (Fsp3) is 0.600. The molecule has 1 aromatic carbocycles. The van der Waals surface area contributed by atoms with E-state index in [0.717, 1.165) is 16.9 Å². The highest BCUT2D eigenvalue weighted by molar-refractivity contribution is 7.89. The van der Waals surface area contributed by atoms with E-state index in [4.69, 9.17) is 16.3 Å². The highest BCUT2D eigenvalue weighted by Gasteiger charge is 2.20. The Bertz CT molecular complexity index is 540. The molecule has 21 heavy (non-hydrogen) atoms. The van der Waals surface area contributed by atoms with Crippen molar-refractivity contribution in [1.82, 2.24) is 4.31 Å². The lowest BCUT2D eigenvalue weighted by Crippen LogP contribution is -2.34. The van der Waals surface area contributed by atoms with Crippen molar-refractivity contribution in [2.75, 3.05) is 31.8 Å². The quantitative estimate of drug-likeness (QED) is 0.687. The molecule has 1 atom stereocenters. The minimum Gasteiger partial charge on any atom is -0.492 e. The Kier molecular flexibility index (Phi) is 6.97. The van der Waals surface area contributed by atoms with Crippen LogP contribution in [0.15, 0.2) is 18.2 Å². The normalized spacial score (nSPS) is 13.4. The second-order valence-electron chi connectivity index (χ2n) is 5.53. The van der Waals surface area contributed by atoms with Crippen LogP contribution in [0.4, 0.5) is 0 Å². The van der Waals surface area contributed by atoms with Gasteiger partial charge >= 0.3 is 0 Å². The Morgan fingerprint density at radius 2 is 1.81 bits per heavy atom. The molecule has 0 aliphatic heterocycles. The molecule has 0 radical (unpaired) electrons. The van der Waals surface area contributed by atoms with Gasteiger partial charge in [0, 0.05) is 19.5 Å². The van der Waals surface area contributed by atoms with E-state index in [1.165, 1.54) is 4.31 Å². The van der Waals surface area contributed by atoms with Crippen molar-refractivity contribution in [3.8, 4) is 5.75 Å². The number of hydrogen-bond donors (Lipinski definition) is 0. The number of aryl methyl sites for hydroxylation is 2. The van der Waals surface area contributed by atoms with Gasteiger partial charge in [-0.15, -0.1) is 11.6 Å². The largest absolute Gasteiger partial charge is 0.492 e. The van der Waals surface area contributed by atoms with Crippen molar-refractivity contribution in [1.29, 1.82) is 0 Å². The van der Waals surface area contributed by atoms with Crippen LogP contribution in [0.3, 0.4) is 0 Å². The Morgan fingerprint density at radius 3 is 2.33 bits per heavy atom. The maximum absolute atomic E-state index is 12.1. The van der Waals surface area contributed by atoms with Gasteiger partial charge in [-0.1, -0.05) is 13.0 Å². The highest BCUT2D eigenvalue weighted by atomic mass is 35.5. The molecule has 0 spiro atoms. The van der Waals surface area contributed by atoms with Gasteiger partial charge in [0.15, 0.2) is 0 Å². The van der Waals surface area contributed by atoms with Crippen LogP contribution in [0.1, 0.15) is 18.1 Å². The summed E-state index contributed by atoms with van der Waals surface area (Å²) >= 11 is 5.67. The van der Waals surface area contributed by atoms with Crippen LogP contribution in [-0.4, -0.2) is 44.6 Å². The summed E-state index contributed by atoms with van der Waals surface area (Å²) in [5, 5.41) is 0. The molecule has 0 bridgehead atoms. The Morgan fingerprint density at radius 1 is 1.24 bits per heavy atom. The highest BCUT2D eigenvalue weighted by Crippen LogP contribution is 2.16. The summed E-state index contributed by atoms with van der Waals surface area (Å²) in [5.74, 6) is 1.12. The predicted molar refractivity (Wildman–Crippen MR) is 87.7 cm³/mol. The maximum atomic E-state index is 12.1. The lowest BCUT2D eigenvalue weighted by molar-refractivity contribution is 0.286. The van der Waals surface area contributed by atoms with Crippen LogP contribution < -0.4 is 4.74 Å². The first-order chi connectivity index (χ1) is 9.74. The number of alkyl halides is 1. The molecule has 1 aromatic rings. The van der Waals surface area contributed by atoms with E-state index in [0.29, 0.717) is 19.0 Å². The van der Waals surface area contributed by atoms with Gasteiger partial charge in [0.2, 0.25) is 10.0 Å². The van der Waals surface area contributed by atoms with E-state index in [9.17, 15) is 8.42 Å². The summed E-state index contributed by atoms with van der Waals surface area (Å²) in [6, 6.07) is 5.95. The monoisotopic (exact) mass is 333 g/mol. The van der Waals surface area contributed by atoms with Gasteiger partial charge in [0.05, 0.1) is 5.75 Å². The zero-order chi connectivity index (χ0) is 16.0. The zero-order valence-corrected chi connectivity index (χ0v) is 14.7. The zero-order valence-electron chi connectivity index (χ0n) is 13.1. The summed E-state index contributed by atoms with van der Waals surface area (Å²) < 4.78 is 31.1. The summed E-state index contributed by atoms with van der Waals surface area (Å²) in [6.07, 6.45) is 0. The molecule has 0 heterocycles. The molecule has 0 saturated heterocycles. The third-order valence-electron chi connectivity index (χ3n) is 3.10. The smallest absolute Gasteiger partial charge is 0.214 e. The maximum Gasteiger partial charge on any atom is 0.214 e. The fourth-order valence-electron chi connectivity index (χ4n) is 1.98. The molecule has 0 N–H and O–H groups in total. The average Bonchev–Trinajstić information content (AvgIpc) is 2.36. The number of sulfonamides is 1. The first kappa shape index (κ1) is 18.3. The third-order valence-corrected chi connectivity index (χ3v) is 5.75. The van der Waals surface area contributed by atoms with Crippen LogP contribution in [0.2, 0.25) is 0 Å². The van der Waals surface area contributed by atoms with Gasteiger partial charge < -0.3 is 4.74 Å². The SMILES string of the molecule is Cc1cc(C)cc(OCCN(C)S(=O)(=O)CC(C)CCl)c1. The minimum absolute atomic E-state index is 0.0561. The average molecular weight is 334 g/mol. The number of likely N-dealkylation sites (N-methyl/N-ethyl adjacent to an activating group) is 1. The Labute approximate surface area is 133 Å². The summed E-state index contributed by atoms with van der Waals surface area (Å²) in [7, 11) is -1.70. The topological polar surface area (TPSA) is 46.6 Å². The molecule has 1 unspecified atom stereocenters. The Hall–Kier alpha value is -0.780. The lowest BCUT2D eigenvalue weighted by atomic mass is 10.1. The summed E-state index contributed by atoms with van der Waals surface area (Å²) in [4.78, 5) is 0. The number of rotatable bonds is 8. The third kappa shape index (κ3) is 6.24. The number of benzene rings is 1. The molecule has 0 aliphatic carbocycles. The number of hydrogen-bond acceptors (Lipinski definition) is 3. The molecule has 4 nitrogen and oxygen atoms in total. The van der Waals surface area contributed by atoms with Gasteiger partial charge in [0.25, 0.3) is 0 Å². The van der Waals surface area contributed by atoms with Crippen molar-refractivity contribution in [3.63, 3.8) is 0 Å². The van der Waals surface area contributed by atoms with Crippen LogP contribution in [0.5, 0.6) is 5.75 Å². The van der Waals surface area contributed by atoms with Crippen molar-refractivity contribution in [2.45, 2.75) is 20.8 Å². The first-order valence-corrected chi connectivity index (χ1v) is 9.10. The molecular weight excluding hydrogens is 310 g/mol. The molecular formula is C15H24ClNO3S. The second kappa shape index (κ2) is 8.01. The molecule has 0 amide bonds. The van der Waals surface area contributed by atoms with Gasteiger partial charge in [-0.25, -0.2) is 12.7 Å². The second-order valence-corrected chi connectivity index (χ2v) is 7.96. The van der Waals surface area contributed by atoms with E-state index >= 15 is 0 Å². The van der Waals surface area contributed by atoms with Crippen LogP contribution in [0, 0.1) is 19.8 Å². The molecule has 120 valence electrons. The number of nitrogens with zero attached hydrogens (tertiary/aromatic N) is 1. The van der Waals surface area contributed by atoms with E-state index in [-0.39, 0.29) is 11.7 Å². The van der Waals surface area contributed by atoms with Crippen LogP contribution in [-0.2, 0) is 10.0 Å². The standard InChI is InChI=1S/C15H24ClNO3S/c1-12-7-13(2)9-15(8-12)20-6-5-17(4)21(18,19)11-14(3)10-16/h7-9,14H,5-6,10-11H2,1-4H3. The molecule has 1 rings (SSSR count). The van der Waals surface area contributed by atoms with Crippen LogP contribution in [0.25, 0.3) is 0 Å². The molecule has 0 aromatic heterocycles. The van der Waals surface area contributed by atoms with Crippen LogP contribution >= 0.6 is 11.6 Å². The van der Waals surface area contributed by atoms with E-state index in [2.05, 4.69) is 6.07 Å². The fourth-order valence-corrected chi connectivity index (χ4v) is 3.66. The first-order valence-electron chi connectivity index (χ1n) is 6.95. The van der Waals surface area contributed by atoms with Gasteiger partial charge in [-0.3, -0.25) is 0 Å². The van der Waals surface area contributed by atoms with Crippen molar-refractivity contribution in [3.05, 3.63) is 29.3 Å². The lowest BCUT2D eigenvalue weighted by Gasteiger charge is -2.19. The number of ether oxygens (including phenoxy) is 1. The molecule has 0 aliphatic rings. The van der Waals surface area contributed by atoms with Crippen molar-refractivity contribution < 1.29 is 13.2 Å². The molecule has 0 fully saturated rings. The summed E-state index contributed by atoms with van der Waals surface area (Å²) in [5.41, 5.74) is 2.25. The summed E-state index contributed by atoms with van der Waals surface area (Å²) in [6.45, 7) is 6.48. The number of halogens is 1. The van der Waals surface area contributed by atoms with Gasteiger partial charge in [-0.2, -0.15) is 0 Å². The molecule has 6 heteroatoms. The van der Waals surface area contributed by atoms with Crippen molar-refractivity contribution >= 4 is 21.6 Å². The van der Waals surface area contributed by atoms with Crippen molar-refractivity contribution in [2.24, 2.45) is 5.92 Å². The van der Waals surface area contributed by atoms with Gasteiger partial charge in [-0.05, 0) is 43.0 Å². The Balaban J connectivity index is 2.51. The van der Waals surface area contributed by atoms with E-state index in [1.54, 1.807) is 7.05 Å². The van der Waals surface area contributed by atoms with E-state index < -0.39 is 10.0 Å². The molecule has 0 saturated carbocycles. The van der Waals surface area contributed by atoms with E-state index in [1.807, 2.05) is 32.9 Å². The minimum atomic E-state index is -3.27.